The maximum absolute atomic E-state index is 14.1. The number of carbonyl (C=O) groups excluding carboxylic acids is 3. The zero-order chi connectivity index (χ0) is 29.1. The fourth-order valence-corrected chi connectivity index (χ4v) is 6.77. The standard InChI is InChI=1S/C32H48N4O5/c1-21(22-9-6-5-7-10-22)34-29(37)23-17-24(20-33-19-23)30(38)36(25-11-12-25)26-13-14-28-27(18-26)35(15-8-16-40-4)31(39)32(2,3)41-28/h13-14,18,21-25,33H,5-12,15-17,19-20H2,1-4H3,(H,34,37)/t21-,23+,24-/m1/s1. The maximum atomic E-state index is 14.1. The van der Waals surface area contributed by atoms with Crippen LogP contribution in [-0.4, -0.2) is 68.8 Å². The molecule has 2 N–H and O–H groups in total. The number of benzene rings is 1. The molecule has 4 aliphatic rings. The molecule has 3 fully saturated rings. The Morgan fingerprint density at radius 3 is 2.59 bits per heavy atom. The SMILES string of the molecule is COCCCN1C(=O)C(C)(C)Oc2ccc(N(C(=O)[C@H]3CNC[C@@H](C(=O)N[C@H](C)C4CCCCC4)C3)C3CC3)cc21. The van der Waals surface area contributed by atoms with E-state index in [4.69, 9.17) is 9.47 Å². The molecule has 0 radical (unpaired) electrons. The van der Waals surface area contributed by atoms with E-state index in [2.05, 4.69) is 17.6 Å². The molecule has 9 heteroatoms. The molecule has 0 aromatic heterocycles. The number of nitrogens with one attached hydrogen (secondary N) is 2. The second-order valence-corrected chi connectivity index (χ2v) is 13.0. The van der Waals surface area contributed by atoms with Gasteiger partial charge in [-0.1, -0.05) is 19.3 Å². The van der Waals surface area contributed by atoms with Crippen LogP contribution in [0.2, 0.25) is 0 Å². The van der Waals surface area contributed by atoms with Crippen molar-refractivity contribution in [1.82, 2.24) is 10.6 Å². The predicted octanol–water partition coefficient (Wildman–Crippen LogP) is 4.03. The summed E-state index contributed by atoms with van der Waals surface area (Å²) in [7, 11) is 1.65. The van der Waals surface area contributed by atoms with E-state index in [0.717, 1.165) is 18.5 Å². The van der Waals surface area contributed by atoms with Gasteiger partial charge in [0.05, 0.1) is 17.5 Å². The lowest BCUT2D eigenvalue weighted by molar-refractivity contribution is -0.132. The molecule has 1 aromatic rings. The summed E-state index contributed by atoms with van der Waals surface area (Å²) in [5, 5.41) is 6.65. The summed E-state index contributed by atoms with van der Waals surface area (Å²) in [6.45, 7) is 7.92. The Morgan fingerprint density at radius 2 is 1.88 bits per heavy atom. The predicted molar refractivity (Wildman–Crippen MR) is 159 cm³/mol. The molecule has 9 nitrogen and oxygen atoms in total. The third-order valence-electron chi connectivity index (χ3n) is 9.31. The first-order chi connectivity index (χ1) is 19.7. The Hall–Kier alpha value is -2.65. The summed E-state index contributed by atoms with van der Waals surface area (Å²) in [6.07, 6.45) is 9.29. The third kappa shape index (κ3) is 6.72. The minimum absolute atomic E-state index is 0.0482. The van der Waals surface area contributed by atoms with Crippen LogP contribution in [0.15, 0.2) is 18.2 Å². The van der Waals surface area contributed by atoms with E-state index in [9.17, 15) is 14.4 Å². The number of piperidine rings is 1. The molecule has 2 saturated carbocycles. The summed E-state index contributed by atoms with van der Waals surface area (Å²) in [4.78, 5) is 44.3. The monoisotopic (exact) mass is 568 g/mol. The smallest absolute Gasteiger partial charge is 0.270 e. The van der Waals surface area contributed by atoms with Crippen LogP contribution >= 0.6 is 0 Å². The van der Waals surface area contributed by atoms with Crippen molar-refractivity contribution < 1.29 is 23.9 Å². The van der Waals surface area contributed by atoms with Gasteiger partial charge < -0.3 is 29.9 Å². The number of amides is 3. The van der Waals surface area contributed by atoms with Gasteiger partial charge in [0.1, 0.15) is 5.75 Å². The Labute approximate surface area is 244 Å². The van der Waals surface area contributed by atoms with E-state index in [0.29, 0.717) is 56.4 Å². The van der Waals surface area contributed by atoms with Gasteiger partial charge >= 0.3 is 0 Å². The van der Waals surface area contributed by atoms with Crippen LogP contribution in [-0.2, 0) is 19.1 Å². The molecule has 226 valence electrons. The Balaban J connectivity index is 1.31. The highest BCUT2D eigenvalue weighted by Gasteiger charge is 2.43. The van der Waals surface area contributed by atoms with Crippen LogP contribution in [0.5, 0.6) is 5.75 Å². The lowest BCUT2D eigenvalue weighted by atomic mass is 9.84. The number of nitrogens with zero attached hydrogens (tertiary/aromatic N) is 2. The van der Waals surface area contributed by atoms with Crippen LogP contribution in [0, 0.1) is 17.8 Å². The molecule has 3 amide bonds. The lowest BCUT2D eigenvalue weighted by Crippen LogP contribution is -2.53. The quantitative estimate of drug-likeness (QED) is 0.414. The van der Waals surface area contributed by atoms with E-state index in [1.165, 1.54) is 32.1 Å². The topological polar surface area (TPSA) is 100 Å². The second-order valence-electron chi connectivity index (χ2n) is 13.0. The molecule has 2 heterocycles. The summed E-state index contributed by atoms with van der Waals surface area (Å²) in [5.41, 5.74) is 0.504. The van der Waals surface area contributed by atoms with Gasteiger partial charge in [0.15, 0.2) is 5.60 Å². The third-order valence-corrected chi connectivity index (χ3v) is 9.31. The summed E-state index contributed by atoms with van der Waals surface area (Å²) >= 11 is 0. The van der Waals surface area contributed by atoms with E-state index in [1.54, 1.807) is 25.9 Å². The fraction of sp³-hybridized carbons (Fsp3) is 0.719. The van der Waals surface area contributed by atoms with Gasteiger partial charge in [0.25, 0.3) is 5.91 Å². The molecule has 0 bridgehead atoms. The van der Waals surface area contributed by atoms with Crippen LogP contribution in [0.25, 0.3) is 0 Å². The number of carbonyl (C=O) groups is 3. The Bertz CT molecular complexity index is 1110. The van der Waals surface area contributed by atoms with E-state index in [1.807, 2.05) is 23.1 Å². The van der Waals surface area contributed by atoms with Crippen LogP contribution in [0.3, 0.4) is 0 Å². The molecule has 0 spiro atoms. The Kier molecular flexibility index (Phi) is 9.24. The number of ether oxygens (including phenoxy) is 2. The van der Waals surface area contributed by atoms with Gasteiger partial charge in [-0.25, -0.2) is 0 Å². The molecule has 41 heavy (non-hydrogen) atoms. The van der Waals surface area contributed by atoms with Crippen molar-refractivity contribution in [2.45, 2.75) is 96.2 Å². The minimum Gasteiger partial charge on any atom is -0.476 e. The van der Waals surface area contributed by atoms with Crippen molar-refractivity contribution in [1.29, 1.82) is 0 Å². The van der Waals surface area contributed by atoms with Gasteiger partial charge in [0.2, 0.25) is 11.8 Å². The largest absolute Gasteiger partial charge is 0.476 e. The molecular formula is C32H48N4O5. The second kappa shape index (κ2) is 12.7. The van der Waals surface area contributed by atoms with Crippen LogP contribution in [0.1, 0.15) is 78.6 Å². The average Bonchev–Trinajstić information content (AvgIpc) is 3.81. The highest BCUT2D eigenvalue weighted by molar-refractivity contribution is 6.04. The van der Waals surface area contributed by atoms with Crippen molar-refractivity contribution in [2.75, 3.05) is 43.2 Å². The molecule has 2 aliphatic carbocycles. The zero-order valence-electron chi connectivity index (χ0n) is 25.2. The maximum Gasteiger partial charge on any atom is 0.270 e. The van der Waals surface area contributed by atoms with Crippen LogP contribution in [0.4, 0.5) is 11.4 Å². The Morgan fingerprint density at radius 1 is 1.15 bits per heavy atom. The molecule has 3 atom stereocenters. The number of hydrogen-bond donors (Lipinski definition) is 2. The fourth-order valence-electron chi connectivity index (χ4n) is 6.77. The van der Waals surface area contributed by atoms with Gasteiger partial charge in [-0.3, -0.25) is 14.4 Å². The molecule has 2 aliphatic heterocycles. The number of fused-ring (bicyclic) bond motifs is 1. The molecule has 5 rings (SSSR count). The molecule has 1 aromatic carbocycles. The van der Waals surface area contributed by atoms with E-state index < -0.39 is 5.60 Å². The first kappa shape index (κ1) is 29.8. The van der Waals surface area contributed by atoms with E-state index >= 15 is 0 Å². The normalized spacial score (nSPS) is 25.2. The number of anilines is 2. The average molecular weight is 569 g/mol. The summed E-state index contributed by atoms with van der Waals surface area (Å²) in [6, 6.07) is 6.05. The number of rotatable bonds is 10. The van der Waals surface area contributed by atoms with Gasteiger partial charge in [-0.2, -0.15) is 0 Å². The molecule has 0 unspecified atom stereocenters. The van der Waals surface area contributed by atoms with Gasteiger partial charge in [-0.05, 0) is 83.4 Å². The van der Waals surface area contributed by atoms with Gasteiger partial charge in [-0.15, -0.1) is 0 Å². The zero-order valence-corrected chi connectivity index (χ0v) is 25.2. The number of methoxy groups -OCH3 is 1. The molecule has 1 saturated heterocycles. The number of hydrogen-bond acceptors (Lipinski definition) is 6. The first-order valence-electron chi connectivity index (χ1n) is 15.7. The summed E-state index contributed by atoms with van der Waals surface area (Å²) in [5.74, 6) is 0.689. The van der Waals surface area contributed by atoms with Crippen molar-refractivity contribution >= 4 is 29.1 Å². The van der Waals surface area contributed by atoms with Gasteiger partial charge in [0, 0.05) is 51.1 Å². The highest BCUT2D eigenvalue weighted by Crippen LogP contribution is 2.43. The van der Waals surface area contributed by atoms with E-state index in [-0.39, 0.29) is 41.6 Å². The van der Waals surface area contributed by atoms with Crippen molar-refractivity contribution in [3.05, 3.63) is 18.2 Å². The lowest BCUT2D eigenvalue weighted by Gasteiger charge is -2.40. The summed E-state index contributed by atoms with van der Waals surface area (Å²) < 4.78 is 11.3. The van der Waals surface area contributed by atoms with Crippen molar-refractivity contribution in [3.8, 4) is 5.75 Å². The van der Waals surface area contributed by atoms with Crippen molar-refractivity contribution in [3.63, 3.8) is 0 Å². The minimum atomic E-state index is -0.967. The highest BCUT2D eigenvalue weighted by atomic mass is 16.5. The molecular weight excluding hydrogens is 520 g/mol. The van der Waals surface area contributed by atoms with Crippen LogP contribution < -0.4 is 25.2 Å². The first-order valence-corrected chi connectivity index (χ1v) is 15.7. The van der Waals surface area contributed by atoms with Crippen molar-refractivity contribution in [2.24, 2.45) is 17.8 Å².